The van der Waals surface area contributed by atoms with Crippen LogP contribution in [0, 0.1) is 6.92 Å². The Kier molecular flexibility index (Phi) is 5.36. The molecule has 1 fully saturated rings. The number of carbonyl (C=O) groups is 2. The van der Waals surface area contributed by atoms with Crippen molar-refractivity contribution in [2.75, 3.05) is 18.9 Å². The minimum atomic E-state index is -0.498. The van der Waals surface area contributed by atoms with Gasteiger partial charge in [0.1, 0.15) is 23.9 Å². The third-order valence-electron chi connectivity index (χ3n) is 4.26. The van der Waals surface area contributed by atoms with E-state index in [1.165, 1.54) is 11.8 Å². The number of carbonyl (C=O) groups excluding carboxylic acids is 2. The van der Waals surface area contributed by atoms with Gasteiger partial charge in [0, 0.05) is 16.8 Å². The first-order chi connectivity index (χ1) is 12.4. The molecular formula is C19H23N3O3S. The first-order valence-corrected chi connectivity index (χ1v) is 9.57. The summed E-state index contributed by atoms with van der Waals surface area (Å²) >= 11 is 1.49. The molecule has 2 heterocycles. The molecule has 0 spiro atoms. The van der Waals surface area contributed by atoms with Gasteiger partial charge in [-0.25, -0.2) is 4.98 Å². The van der Waals surface area contributed by atoms with Crippen LogP contribution in [0.5, 0.6) is 5.75 Å². The van der Waals surface area contributed by atoms with Gasteiger partial charge in [-0.2, -0.15) is 0 Å². The van der Waals surface area contributed by atoms with E-state index < -0.39 is 10.8 Å². The molecule has 7 heteroatoms. The van der Waals surface area contributed by atoms with Gasteiger partial charge < -0.3 is 15.4 Å². The summed E-state index contributed by atoms with van der Waals surface area (Å²) < 4.78 is 5.31. The molecule has 2 amide bonds. The van der Waals surface area contributed by atoms with Crippen molar-refractivity contribution in [1.82, 2.24) is 15.6 Å². The molecule has 0 radical (unpaired) electrons. The van der Waals surface area contributed by atoms with Crippen molar-refractivity contribution in [2.24, 2.45) is 0 Å². The first-order valence-electron chi connectivity index (χ1n) is 8.58. The Morgan fingerprint density at radius 1 is 1.38 bits per heavy atom. The Hall–Kier alpha value is -2.28. The number of aromatic nitrogens is 1. The zero-order chi connectivity index (χ0) is 18.7. The number of nitrogens with zero attached hydrogens (tertiary/aromatic N) is 1. The summed E-state index contributed by atoms with van der Waals surface area (Å²) in [5.41, 5.74) is 1.74. The SMILES string of the molecule is Cc1ccc2cccc(OCCNC(=O)C3CSC(C)(C)C(=O)N3)c2n1. The number of para-hydroxylation sites is 1. The minimum Gasteiger partial charge on any atom is -0.489 e. The largest absolute Gasteiger partial charge is 0.489 e. The van der Waals surface area contributed by atoms with Gasteiger partial charge in [0.25, 0.3) is 0 Å². The molecule has 3 rings (SSSR count). The molecule has 2 N–H and O–H groups in total. The van der Waals surface area contributed by atoms with E-state index in [4.69, 9.17) is 4.74 Å². The van der Waals surface area contributed by atoms with Crippen molar-refractivity contribution in [3.05, 3.63) is 36.0 Å². The highest BCUT2D eigenvalue weighted by Crippen LogP contribution is 2.29. The number of thioether (sulfide) groups is 1. The van der Waals surface area contributed by atoms with Crippen molar-refractivity contribution >= 4 is 34.5 Å². The van der Waals surface area contributed by atoms with Crippen LogP contribution >= 0.6 is 11.8 Å². The van der Waals surface area contributed by atoms with Crippen LogP contribution in [-0.4, -0.2) is 46.5 Å². The lowest BCUT2D eigenvalue weighted by molar-refractivity contribution is -0.129. The second-order valence-electron chi connectivity index (χ2n) is 6.77. The molecule has 1 aliphatic heterocycles. The number of amides is 2. The molecule has 1 unspecified atom stereocenters. The van der Waals surface area contributed by atoms with Crippen molar-refractivity contribution < 1.29 is 14.3 Å². The van der Waals surface area contributed by atoms with E-state index >= 15 is 0 Å². The number of nitrogens with one attached hydrogen (secondary N) is 2. The summed E-state index contributed by atoms with van der Waals surface area (Å²) in [4.78, 5) is 28.7. The van der Waals surface area contributed by atoms with Gasteiger partial charge in [-0.3, -0.25) is 9.59 Å². The average Bonchev–Trinajstić information content (AvgIpc) is 2.61. The molecule has 1 aliphatic rings. The molecule has 1 aromatic carbocycles. The van der Waals surface area contributed by atoms with E-state index in [2.05, 4.69) is 15.6 Å². The molecule has 138 valence electrons. The van der Waals surface area contributed by atoms with E-state index in [0.717, 1.165) is 16.6 Å². The lowest BCUT2D eigenvalue weighted by Gasteiger charge is -2.32. The van der Waals surface area contributed by atoms with Crippen LogP contribution in [0.15, 0.2) is 30.3 Å². The fourth-order valence-corrected chi connectivity index (χ4v) is 3.67. The highest BCUT2D eigenvalue weighted by atomic mass is 32.2. The van der Waals surface area contributed by atoms with Gasteiger partial charge in [-0.15, -0.1) is 11.8 Å². The molecule has 0 aliphatic carbocycles. The molecule has 1 atom stereocenters. The number of rotatable bonds is 5. The van der Waals surface area contributed by atoms with E-state index in [0.29, 0.717) is 24.7 Å². The fraction of sp³-hybridized carbons (Fsp3) is 0.421. The average molecular weight is 373 g/mol. The van der Waals surface area contributed by atoms with E-state index in [9.17, 15) is 9.59 Å². The predicted octanol–water partition coefficient (Wildman–Crippen LogP) is 2.05. The Morgan fingerprint density at radius 3 is 2.96 bits per heavy atom. The van der Waals surface area contributed by atoms with Crippen molar-refractivity contribution in [1.29, 1.82) is 0 Å². The molecule has 0 bridgehead atoms. The summed E-state index contributed by atoms with van der Waals surface area (Å²) in [5.74, 6) is 0.973. The summed E-state index contributed by atoms with van der Waals surface area (Å²) in [6, 6.07) is 9.26. The Labute approximate surface area is 157 Å². The highest BCUT2D eigenvalue weighted by Gasteiger charge is 2.37. The molecule has 26 heavy (non-hydrogen) atoms. The van der Waals surface area contributed by atoms with Crippen molar-refractivity contribution in [3.63, 3.8) is 0 Å². The smallest absolute Gasteiger partial charge is 0.243 e. The number of benzene rings is 1. The van der Waals surface area contributed by atoms with E-state index in [1.807, 2.05) is 51.1 Å². The van der Waals surface area contributed by atoms with Crippen LogP contribution in [0.4, 0.5) is 0 Å². The molecule has 0 saturated carbocycles. The highest BCUT2D eigenvalue weighted by molar-refractivity contribution is 8.01. The zero-order valence-electron chi connectivity index (χ0n) is 15.2. The van der Waals surface area contributed by atoms with Crippen LogP contribution in [-0.2, 0) is 9.59 Å². The summed E-state index contributed by atoms with van der Waals surface area (Å²) in [6.45, 7) is 6.35. The number of aryl methyl sites for hydroxylation is 1. The lowest BCUT2D eigenvalue weighted by Crippen LogP contribution is -2.57. The molecule has 1 aromatic heterocycles. The Balaban J connectivity index is 1.51. The maximum Gasteiger partial charge on any atom is 0.243 e. The Bertz CT molecular complexity index is 838. The maximum atomic E-state index is 12.2. The van der Waals surface area contributed by atoms with E-state index in [-0.39, 0.29) is 11.8 Å². The second kappa shape index (κ2) is 7.53. The molecule has 2 aromatic rings. The lowest BCUT2D eigenvalue weighted by atomic mass is 10.1. The topological polar surface area (TPSA) is 80.3 Å². The van der Waals surface area contributed by atoms with Crippen molar-refractivity contribution in [2.45, 2.75) is 31.6 Å². The second-order valence-corrected chi connectivity index (χ2v) is 8.41. The normalized spacial score (nSPS) is 19.0. The summed E-state index contributed by atoms with van der Waals surface area (Å²) in [7, 11) is 0. The number of ether oxygens (including phenoxy) is 1. The maximum absolute atomic E-state index is 12.2. The number of hydrogen-bond acceptors (Lipinski definition) is 5. The van der Waals surface area contributed by atoms with Gasteiger partial charge in [-0.05, 0) is 32.9 Å². The Morgan fingerprint density at radius 2 is 2.19 bits per heavy atom. The summed E-state index contributed by atoms with van der Waals surface area (Å²) in [5, 5.41) is 6.61. The summed E-state index contributed by atoms with van der Waals surface area (Å²) in [6.07, 6.45) is 0. The van der Waals surface area contributed by atoms with Crippen LogP contribution in [0.3, 0.4) is 0 Å². The fourth-order valence-electron chi connectivity index (χ4n) is 2.66. The third-order valence-corrected chi connectivity index (χ3v) is 5.67. The molecule has 6 nitrogen and oxygen atoms in total. The van der Waals surface area contributed by atoms with Crippen LogP contribution in [0.2, 0.25) is 0 Å². The van der Waals surface area contributed by atoms with Gasteiger partial charge in [-0.1, -0.05) is 18.2 Å². The number of hydrogen-bond donors (Lipinski definition) is 2. The van der Waals surface area contributed by atoms with Gasteiger partial charge >= 0.3 is 0 Å². The standard InChI is InChI=1S/C19H23N3O3S/c1-12-7-8-13-5-4-6-15(16(13)21-12)25-10-9-20-17(23)14-11-26-19(2,3)18(24)22-14/h4-8,14H,9-11H2,1-3H3,(H,20,23)(H,22,24). The van der Waals surface area contributed by atoms with Gasteiger partial charge in [0.2, 0.25) is 11.8 Å². The quantitative estimate of drug-likeness (QED) is 0.784. The van der Waals surface area contributed by atoms with Gasteiger partial charge in [0.15, 0.2) is 0 Å². The van der Waals surface area contributed by atoms with Crippen LogP contribution < -0.4 is 15.4 Å². The van der Waals surface area contributed by atoms with Crippen molar-refractivity contribution in [3.8, 4) is 5.75 Å². The molecule has 1 saturated heterocycles. The number of pyridine rings is 1. The monoisotopic (exact) mass is 373 g/mol. The first kappa shape index (κ1) is 18.5. The molecular weight excluding hydrogens is 350 g/mol. The predicted molar refractivity (Wildman–Crippen MR) is 103 cm³/mol. The van der Waals surface area contributed by atoms with Crippen LogP contribution in [0.25, 0.3) is 10.9 Å². The number of fused-ring (bicyclic) bond motifs is 1. The van der Waals surface area contributed by atoms with Crippen LogP contribution in [0.1, 0.15) is 19.5 Å². The zero-order valence-corrected chi connectivity index (χ0v) is 16.0. The minimum absolute atomic E-state index is 0.109. The van der Waals surface area contributed by atoms with Gasteiger partial charge in [0.05, 0.1) is 11.3 Å². The van der Waals surface area contributed by atoms with E-state index in [1.54, 1.807) is 0 Å². The third kappa shape index (κ3) is 4.09.